The Morgan fingerprint density at radius 1 is 1.26 bits per heavy atom. The first kappa shape index (κ1) is 19.5. The van der Waals surface area contributed by atoms with Crippen LogP contribution in [0.4, 0.5) is 0 Å². The number of benzene rings is 1. The van der Waals surface area contributed by atoms with E-state index < -0.39 is 10.0 Å². The lowest BCUT2D eigenvalue weighted by Crippen LogP contribution is -2.39. The summed E-state index contributed by atoms with van der Waals surface area (Å²) in [6, 6.07) is 10.00. The number of piperidine rings is 1. The van der Waals surface area contributed by atoms with Gasteiger partial charge in [-0.1, -0.05) is 13.0 Å². The molecular weight excluding hydrogens is 362 g/mol. The van der Waals surface area contributed by atoms with Crippen molar-refractivity contribution < 1.29 is 13.2 Å². The second-order valence-electron chi connectivity index (χ2n) is 7.03. The number of carbonyl (C=O) groups is 1. The van der Waals surface area contributed by atoms with E-state index in [1.54, 1.807) is 24.5 Å². The van der Waals surface area contributed by atoms with Gasteiger partial charge in [-0.25, -0.2) is 13.1 Å². The summed E-state index contributed by atoms with van der Waals surface area (Å²) in [6.07, 6.45) is 6.05. The van der Waals surface area contributed by atoms with Gasteiger partial charge in [-0.05, 0) is 61.1 Å². The van der Waals surface area contributed by atoms with E-state index >= 15 is 0 Å². The molecule has 0 spiro atoms. The third-order valence-electron chi connectivity index (χ3n) is 4.79. The number of hydrogen-bond donors (Lipinski definition) is 1. The topological polar surface area (TPSA) is 79.4 Å². The molecular formula is C20H25N3O3S. The maximum absolute atomic E-state index is 12.7. The molecule has 1 fully saturated rings. The Morgan fingerprint density at radius 2 is 2.04 bits per heavy atom. The first-order valence-electron chi connectivity index (χ1n) is 9.23. The fourth-order valence-electron chi connectivity index (χ4n) is 3.32. The zero-order chi connectivity index (χ0) is 19.3. The van der Waals surface area contributed by atoms with Gasteiger partial charge in [0.2, 0.25) is 10.0 Å². The Morgan fingerprint density at radius 3 is 2.78 bits per heavy atom. The van der Waals surface area contributed by atoms with Crippen LogP contribution in [-0.4, -0.2) is 43.8 Å². The van der Waals surface area contributed by atoms with E-state index in [0.717, 1.165) is 31.5 Å². The molecule has 1 aliphatic rings. The molecule has 0 radical (unpaired) electrons. The van der Waals surface area contributed by atoms with Crippen molar-refractivity contribution in [3.8, 4) is 0 Å². The summed E-state index contributed by atoms with van der Waals surface area (Å²) in [5.74, 6) is 0.375. The van der Waals surface area contributed by atoms with Crippen LogP contribution in [0.1, 0.15) is 35.7 Å². The van der Waals surface area contributed by atoms with Gasteiger partial charge in [0.15, 0.2) is 0 Å². The molecule has 144 valence electrons. The van der Waals surface area contributed by atoms with Crippen molar-refractivity contribution in [2.45, 2.75) is 31.1 Å². The molecule has 1 aromatic heterocycles. The van der Waals surface area contributed by atoms with Crippen molar-refractivity contribution in [2.75, 3.05) is 19.6 Å². The van der Waals surface area contributed by atoms with Crippen LogP contribution in [0.15, 0.2) is 53.7 Å². The van der Waals surface area contributed by atoms with E-state index in [1.807, 2.05) is 17.0 Å². The molecule has 1 aromatic carbocycles. The summed E-state index contributed by atoms with van der Waals surface area (Å²) in [6.45, 7) is 3.87. The van der Waals surface area contributed by atoms with Crippen molar-refractivity contribution in [2.24, 2.45) is 5.92 Å². The fraction of sp³-hybridized carbons (Fsp3) is 0.400. The number of likely N-dealkylation sites (tertiary alicyclic amines) is 1. The van der Waals surface area contributed by atoms with Crippen molar-refractivity contribution in [3.63, 3.8) is 0 Å². The number of aromatic nitrogens is 1. The second-order valence-corrected chi connectivity index (χ2v) is 8.80. The normalized spacial score (nSPS) is 17.7. The third kappa shape index (κ3) is 5.14. The number of carbonyl (C=O) groups excluding carboxylic acids is 1. The first-order valence-corrected chi connectivity index (χ1v) is 10.7. The number of nitrogens with zero attached hydrogens (tertiary/aromatic N) is 2. The highest BCUT2D eigenvalue weighted by Crippen LogP contribution is 2.19. The molecule has 1 aliphatic heterocycles. The molecule has 0 aliphatic carbocycles. The molecule has 1 N–H and O–H groups in total. The highest BCUT2D eigenvalue weighted by Gasteiger charge is 2.23. The Balaban J connectivity index is 1.67. The van der Waals surface area contributed by atoms with Crippen molar-refractivity contribution in [1.29, 1.82) is 0 Å². The van der Waals surface area contributed by atoms with Crippen LogP contribution in [0.3, 0.4) is 0 Å². The first-order chi connectivity index (χ1) is 13.0. The van der Waals surface area contributed by atoms with Crippen LogP contribution in [-0.2, 0) is 16.4 Å². The SMILES string of the molecule is CC1CCCN(C(=O)c2cccc(S(=O)(=O)NCCc3ccncc3)c2)C1. The Kier molecular flexibility index (Phi) is 6.23. The molecule has 7 heteroatoms. The predicted octanol–water partition coefficient (Wildman–Crippen LogP) is 2.47. The van der Waals surface area contributed by atoms with Crippen LogP contribution in [0.25, 0.3) is 0 Å². The molecule has 27 heavy (non-hydrogen) atoms. The zero-order valence-electron chi connectivity index (χ0n) is 15.5. The second kappa shape index (κ2) is 8.63. The highest BCUT2D eigenvalue weighted by atomic mass is 32.2. The smallest absolute Gasteiger partial charge is 0.253 e. The largest absolute Gasteiger partial charge is 0.338 e. The number of amides is 1. The zero-order valence-corrected chi connectivity index (χ0v) is 16.3. The van der Waals surface area contributed by atoms with Crippen molar-refractivity contribution in [3.05, 3.63) is 59.9 Å². The number of hydrogen-bond acceptors (Lipinski definition) is 4. The molecule has 0 bridgehead atoms. The van der Waals surface area contributed by atoms with Gasteiger partial charge in [-0.15, -0.1) is 0 Å². The third-order valence-corrected chi connectivity index (χ3v) is 6.25. The van der Waals surface area contributed by atoms with E-state index in [9.17, 15) is 13.2 Å². The Labute approximate surface area is 160 Å². The molecule has 2 aromatic rings. The number of sulfonamides is 1. The van der Waals surface area contributed by atoms with Gasteiger partial charge in [0, 0.05) is 37.6 Å². The van der Waals surface area contributed by atoms with Crippen LogP contribution in [0.2, 0.25) is 0 Å². The molecule has 1 atom stereocenters. The van der Waals surface area contributed by atoms with Crippen molar-refractivity contribution in [1.82, 2.24) is 14.6 Å². The molecule has 2 heterocycles. The maximum Gasteiger partial charge on any atom is 0.253 e. The van der Waals surface area contributed by atoms with E-state index in [0.29, 0.717) is 17.9 Å². The average molecular weight is 388 g/mol. The van der Waals surface area contributed by atoms with Crippen LogP contribution in [0, 0.1) is 5.92 Å². The quantitative estimate of drug-likeness (QED) is 0.826. The summed E-state index contributed by atoms with van der Waals surface area (Å²) >= 11 is 0. The van der Waals surface area contributed by atoms with E-state index in [1.165, 1.54) is 12.1 Å². The minimum Gasteiger partial charge on any atom is -0.338 e. The summed E-state index contributed by atoms with van der Waals surface area (Å²) in [4.78, 5) is 18.6. The lowest BCUT2D eigenvalue weighted by molar-refractivity contribution is 0.0683. The standard InChI is InChI=1S/C20H25N3O3S/c1-16-4-3-13-23(15-16)20(24)18-5-2-6-19(14-18)27(25,26)22-12-9-17-7-10-21-11-8-17/h2,5-8,10-11,14,16,22H,3-4,9,12-13,15H2,1H3. The molecule has 6 nitrogen and oxygen atoms in total. The summed E-state index contributed by atoms with van der Waals surface area (Å²) < 4.78 is 27.8. The monoisotopic (exact) mass is 387 g/mol. The number of nitrogens with one attached hydrogen (secondary N) is 1. The lowest BCUT2D eigenvalue weighted by atomic mass is 9.99. The minimum atomic E-state index is -3.66. The van der Waals surface area contributed by atoms with Crippen LogP contribution >= 0.6 is 0 Å². The van der Waals surface area contributed by atoms with Gasteiger partial charge in [0.05, 0.1) is 4.90 Å². The molecule has 1 amide bonds. The lowest BCUT2D eigenvalue weighted by Gasteiger charge is -2.31. The van der Waals surface area contributed by atoms with Gasteiger partial charge in [0.25, 0.3) is 5.91 Å². The minimum absolute atomic E-state index is 0.101. The van der Waals surface area contributed by atoms with Crippen LogP contribution in [0.5, 0.6) is 0 Å². The highest BCUT2D eigenvalue weighted by molar-refractivity contribution is 7.89. The van der Waals surface area contributed by atoms with Gasteiger partial charge in [-0.3, -0.25) is 9.78 Å². The molecule has 1 unspecified atom stereocenters. The summed E-state index contributed by atoms with van der Waals surface area (Å²) in [5, 5.41) is 0. The van der Waals surface area contributed by atoms with Gasteiger partial charge in [0.1, 0.15) is 0 Å². The van der Waals surface area contributed by atoms with Crippen molar-refractivity contribution >= 4 is 15.9 Å². The Bertz CT molecular complexity index is 884. The maximum atomic E-state index is 12.7. The summed E-state index contributed by atoms with van der Waals surface area (Å²) in [7, 11) is -3.66. The van der Waals surface area contributed by atoms with Crippen LogP contribution < -0.4 is 4.72 Å². The van der Waals surface area contributed by atoms with Gasteiger partial charge >= 0.3 is 0 Å². The molecule has 3 rings (SSSR count). The Hall–Kier alpha value is -2.25. The number of rotatable bonds is 6. The van der Waals surface area contributed by atoms with Gasteiger partial charge < -0.3 is 4.90 Å². The van der Waals surface area contributed by atoms with E-state index in [2.05, 4.69) is 16.6 Å². The van der Waals surface area contributed by atoms with E-state index in [4.69, 9.17) is 0 Å². The number of pyridine rings is 1. The molecule has 1 saturated heterocycles. The molecule has 0 saturated carbocycles. The van der Waals surface area contributed by atoms with E-state index in [-0.39, 0.29) is 17.3 Å². The fourth-order valence-corrected chi connectivity index (χ4v) is 4.39. The predicted molar refractivity (Wildman–Crippen MR) is 104 cm³/mol. The summed E-state index contributed by atoms with van der Waals surface area (Å²) in [5.41, 5.74) is 1.43. The van der Waals surface area contributed by atoms with Gasteiger partial charge in [-0.2, -0.15) is 0 Å². The average Bonchev–Trinajstić information content (AvgIpc) is 2.68.